The summed E-state index contributed by atoms with van der Waals surface area (Å²) in [6.07, 6.45) is 1.60. The Labute approximate surface area is 125 Å². The van der Waals surface area contributed by atoms with E-state index < -0.39 is 10.0 Å². The average Bonchev–Trinajstić information content (AvgIpc) is 2.43. The first-order chi connectivity index (χ1) is 9.15. The van der Waals surface area contributed by atoms with E-state index in [1.165, 1.54) is 0 Å². The van der Waals surface area contributed by atoms with Gasteiger partial charge in [-0.25, -0.2) is 13.1 Å². The highest BCUT2D eigenvalue weighted by molar-refractivity contribution is 7.89. The second-order valence-corrected chi connectivity index (χ2v) is 5.82. The molecule has 0 unspecified atom stereocenters. The van der Waals surface area contributed by atoms with E-state index in [1.807, 2.05) is 19.1 Å². The Bertz CT molecular complexity index is 656. The molecule has 0 amide bonds. The monoisotopic (exact) mass is 315 g/mol. The molecule has 1 aromatic heterocycles. The number of aromatic nitrogens is 1. The van der Waals surface area contributed by atoms with Gasteiger partial charge in [0.1, 0.15) is 4.90 Å². The Morgan fingerprint density at radius 2 is 1.90 bits per heavy atom. The van der Waals surface area contributed by atoms with Crippen LogP contribution in [-0.4, -0.2) is 33.0 Å². The molecule has 0 radical (unpaired) electrons. The third-order valence-electron chi connectivity index (χ3n) is 2.73. The van der Waals surface area contributed by atoms with Crippen LogP contribution < -0.4 is 10.0 Å². The van der Waals surface area contributed by atoms with E-state index in [-0.39, 0.29) is 17.3 Å². The van der Waals surface area contributed by atoms with Crippen molar-refractivity contribution < 1.29 is 8.42 Å². The largest absolute Gasteiger partial charge is 0.316 e. The maximum Gasteiger partial charge on any atom is 0.242 e. The summed E-state index contributed by atoms with van der Waals surface area (Å²) in [4.78, 5) is 4.38. The van der Waals surface area contributed by atoms with E-state index >= 15 is 0 Å². The van der Waals surface area contributed by atoms with Gasteiger partial charge >= 0.3 is 0 Å². The van der Waals surface area contributed by atoms with Crippen LogP contribution in [0.2, 0.25) is 0 Å². The first kappa shape index (κ1) is 16.8. The van der Waals surface area contributed by atoms with Crippen molar-refractivity contribution in [2.24, 2.45) is 0 Å². The Hall–Kier alpha value is -1.21. The van der Waals surface area contributed by atoms with Gasteiger partial charge in [0, 0.05) is 24.7 Å². The lowest BCUT2D eigenvalue weighted by atomic mass is 10.2. The Morgan fingerprint density at radius 1 is 1.15 bits per heavy atom. The molecule has 110 valence electrons. The molecule has 0 aliphatic heterocycles. The first-order valence-corrected chi connectivity index (χ1v) is 7.67. The van der Waals surface area contributed by atoms with Gasteiger partial charge in [-0.1, -0.05) is 25.1 Å². The molecule has 0 aliphatic rings. The summed E-state index contributed by atoms with van der Waals surface area (Å²) in [5.74, 6) is 0. The molecule has 1 aromatic carbocycles. The second kappa shape index (κ2) is 7.54. The number of sulfonamides is 1. The summed E-state index contributed by atoms with van der Waals surface area (Å²) in [6.45, 7) is 3.76. The molecule has 20 heavy (non-hydrogen) atoms. The molecule has 0 fully saturated rings. The Kier molecular flexibility index (Phi) is 6.35. The number of pyridine rings is 1. The van der Waals surface area contributed by atoms with Gasteiger partial charge in [-0.15, -0.1) is 12.4 Å². The zero-order chi connectivity index (χ0) is 13.7. The molecule has 0 bridgehead atoms. The molecule has 5 nitrogen and oxygen atoms in total. The topological polar surface area (TPSA) is 71.1 Å². The zero-order valence-corrected chi connectivity index (χ0v) is 12.8. The number of nitrogens with zero attached hydrogens (tertiary/aromatic N) is 1. The summed E-state index contributed by atoms with van der Waals surface area (Å²) >= 11 is 0. The molecule has 2 aromatic rings. The van der Waals surface area contributed by atoms with Crippen LogP contribution in [-0.2, 0) is 10.0 Å². The molecule has 0 aliphatic carbocycles. The molecule has 7 heteroatoms. The summed E-state index contributed by atoms with van der Waals surface area (Å²) < 4.78 is 27.0. The number of para-hydroxylation sites is 1. The van der Waals surface area contributed by atoms with E-state index in [4.69, 9.17) is 0 Å². The summed E-state index contributed by atoms with van der Waals surface area (Å²) in [5.41, 5.74) is 0.501. The molecule has 1 heterocycles. The Morgan fingerprint density at radius 3 is 2.65 bits per heavy atom. The van der Waals surface area contributed by atoms with E-state index in [2.05, 4.69) is 15.0 Å². The molecule has 0 saturated carbocycles. The highest BCUT2D eigenvalue weighted by atomic mass is 35.5. The van der Waals surface area contributed by atoms with Gasteiger partial charge in [0.05, 0.1) is 5.52 Å². The van der Waals surface area contributed by atoms with Crippen molar-refractivity contribution in [2.45, 2.75) is 11.8 Å². The summed E-state index contributed by atoms with van der Waals surface area (Å²) in [7, 11) is -3.52. The third kappa shape index (κ3) is 3.89. The van der Waals surface area contributed by atoms with Gasteiger partial charge in [0.2, 0.25) is 10.0 Å². The quantitative estimate of drug-likeness (QED) is 0.793. The van der Waals surface area contributed by atoms with Crippen molar-refractivity contribution in [2.75, 3.05) is 19.6 Å². The van der Waals surface area contributed by atoms with Crippen LogP contribution in [0.3, 0.4) is 0 Å². The number of hydrogen-bond donors (Lipinski definition) is 2. The van der Waals surface area contributed by atoms with Crippen LogP contribution in [0.5, 0.6) is 0 Å². The van der Waals surface area contributed by atoms with Crippen LogP contribution in [0, 0.1) is 0 Å². The van der Waals surface area contributed by atoms with Crippen LogP contribution in [0.25, 0.3) is 10.9 Å². The van der Waals surface area contributed by atoms with E-state index in [0.717, 1.165) is 11.9 Å². The minimum absolute atomic E-state index is 0. The van der Waals surface area contributed by atoms with Gasteiger partial charge in [-0.2, -0.15) is 0 Å². The predicted octanol–water partition coefficient (Wildman–Crippen LogP) is 1.54. The molecule has 2 rings (SSSR count). The lowest BCUT2D eigenvalue weighted by Gasteiger charge is -2.09. The highest BCUT2D eigenvalue weighted by Gasteiger charge is 2.17. The normalized spacial score (nSPS) is 11.2. The van der Waals surface area contributed by atoms with Crippen molar-refractivity contribution in [1.29, 1.82) is 0 Å². The van der Waals surface area contributed by atoms with Crippen molar-refractivity contribution in [3.8, 4) is 0 Å². The number of benzene rings is 1. The van der Waals surface area contributed by atoms with Gasteiger partial charge in [-0.3, -0.25) is 4.98 Å². The first-order valence-electron chi connectivity index (χ1n) is 6.19. The number of rotatable bonds is 6. The molecule has 0 spiro atoms. The van der Waals surface area contributed by atoms with Crippen molar-refractivity contribution in [1.82, 2.24) is 15.0 Å². The standard InChI is InChI=1S/C13H17N3O2S.ClH/c1-2-14-9-10-16-19(17,18)12-7-3-5-11-6-4-8-15-13(11)12;/h3-8,14,16H,2,9-10H2,1H3;1H. The number of nitrogens with one attached hydrogen (secondary N) is 2. The van der Waals surface area contributed by atoms with Gasteiger partial charge in [0.15, 0.2) is 0 Å². The number of halogens is 1. The highest BCUT2D eigenvalue weighted by Crippen LogP contribution is 2.20. The van der Waals surface area contributed by atoms with Crippen LogP contribution >= 0.6 is 12.4 Å². The smallest absolute Gasteiger partial charge is 0.242 e. The fraction of sp³-hybridized carbons (Fsp3) is 0.308. The van der Waals surface area contributed by atoms with Crippen molar-refractivity contribution >= 4 is 33.3 Å². The molecule has 0 saturated heterocycles. The second-order valence-electron chi connectivity index (χ2n) is 4.08. The fourth-order valence-corrected chi connectivity index (χ4v) is 3.03. The van der Waals surface area contributed by atoms with Gasteiger partial charge in [0.25, 0.3) is 0 Å². The summed E-state index contributed by atoms with van der Waals surface area (Å²) in [6, 6.07) is 8.78. The van der Waals surface area contributed by atoms with Crippen LogP contribution in [0.4, 0.5) is 0 Å². The summed E-state index contributed by atoms with van der Waals surface area (Å²) in [5, 5.41) is 3.88. The van der Waals surface area contributed by atoms with Crippen LogP contribution in [0.1, 0.15) is 6.92 Å². The van der Waals surface area contributed by atoms with E-state index in [1.54, 1.807) is 24.4 Å². The SMILES string of the molecule is CCNCCNS(=O)(=O)c1cccc2cccnc12.Cl. The molecular weight excluding hydrogens is 298 g/mol. The lowest BCUT2D eigenvalue weighted by molar-refractivity contribution is 0.578. The van der Waals surface area contributed by atoms with Crippen molar-refractivity contribution in [3.63, 3.8) is 0 Å². The zero-order valence-electron chi connectivity index (χ0n) is 11.2. The number of hydrogen-bond acceptors (Lipinski definition) is 4. The minimum atomic E-state index is -3.52. The maximum absolute atomic E-state index is 12.2. The van der Waals surface area contributed by atoms with Crippen LogP contribution in [0.15, 0.2) is 41.4 Å². The number of likely N-dealkylation sites (N-methyl/N-ethyl adjacent to an activating group) is 1. The minimum Gasteiger partial charge on any atom is -0.316 e. The Balaban J connectivity index is 0.00000200. The number of fused-ring (bicyclic) bond motifs is 1. The van der Waals surface area contributed by atoms with E-state index in [9.17, 15) is 8.42 Å². The lowest BCUT2D eigenvalue weighted by Crippen LogP contribution is -2.31. The molecule has 2 N–H and O–H groups in total. The molecule has 0 atom stereocenters. The average molecular weight is 316 g/mol. The third-order valence-corrected chi connectivity index (χ3v) is 4.22. The predicted molar refractivity (Wildman–Crippen MR) is 82.7 cm³/mol. The van der Waals surface area contributed by atoms with Gasteiger partial charge in [-0.05, 0) is 18.7 Å². The van der Waals surface area contributed by atoms with E-state index in [0.29, 0.717) is 18.6 Å². The van der Waals surface area contributed by atoms with Crippen molar-refractivity contribution in [3.05, 3.63) is 36.5 Å². The fourth-order valence-electron chi connectivity index (χ4n) is 1.82. The maximum atomic E-state index is 12.2. The van der Waals surface area contributed by atoms with Gasteiger partial charge < -0.3 is 5.32 Å². The molecular formula is C13H18ClN3O2S.